The highest BCUT2D eigenvalue weighted by Crippen LogP contribution is 2.29. The topological polar surface area (TPSA) is 71.1 Å². The van der Waals surface area contributed by atoms with Crippen molar-refractivity contribution in [2.45, 2.75) is 31.8 Å². The minimum Gasteiger partial charge on any atom is -0.394 e. The van der Waals surface area contributed by atoms with Crippen molar-refractivity contribution in [3.8, 4) is 11.4 Å². The average molecular weight is 405 g/mol. The molecule has 2 aromatic rings. The van der Waals surface area contributed by atoms with Crippen LogP contribution in [0.15, 0.2) is 54.8 Å². The molecule has 0 radical (unpaired) electrons. The zero-order chi connectivity index (χ0) is 20.9. The molecule has 6 heteroatoms. The summed E-state index contributed by atoms with van der Waals surface area (Å²) in [4.78, 5) is 7.48. The Labute approximate surface area is 179 Å². The lowest BCUT2D eigenvalue weighted by Crippen LogP contribution is -2.60. The maximum atomic E-state index is 6.60. The first-order valence-electron chi connectivity index (χ1n) is 10.8. The van der Waals surface area contributed by atoms with E-state index in [-0.39, 0.29) is 0 Å². The third kappa shape index (κ3) is 4.20. The lowest BCUT2D eigenvalue weighted by Gasteiger charge is -2.45. The van der Waals surface area contributed by atoms with Crippen LogP contribution in [-0.2, 0) is 0 Å². The largest absolute Gasteiger partial charge is 0.394 e. The number of fused-ring (bicyclic) bond motifs is 3. The van der Waals surface area contributed by atoms with Gasteiger partial charge < -0.3 is 16.4 Å². The Morgan fingerprint density at radius 1 is 1.30 bits per heavy atom. The monoisotopic (exact) mass is 404 g/mol. The van der Waals surface area contributed by atoms with E-state index in [0.717, 1.165) is 42.4 Å². The van der Waals surface area contributed by atoms with Gasteiger partial charge in [0, 0.05) is 50.0 Å². The molecule has 4 N–H and O–H groups in total. The van der Waals surface area contributed by atoms with E-state index in [1.165, 1.54) is 12.8 Å². The van der Waals surface area contributed by atoms with Crippen LogP contribution in [0.5, 0.6) is 0 Å². The Morgan fingerprint density at radius 2 is 2.13 bits per heavy atom. The average Bonchev–Trinajstić information content (AvgIpc) is 3.12. The number of aromatic nitrogens is 2. The van der Waals surface area contributed by atoms with Crippen LogP contribution < -0.4 is 16.4 Å². The highest BCUT2D eigenvalue weighted by Gasteiger charge is 2.32. The lowest BCUT2D eigenvalue weighted by molar-refractivity contribution is 0.0869. The quantitative estimate of drug-likeness (QED) is 0.619. The lowest BCUT2D eigenvalue weighted by atomic mass is 9.93. The molecule has 30 heavy (non-hydrogen) atoms. The number of nitrogens with two attached hydrogens (primary N) is 1. The minimum absolute atomic E-state index is 0.647. The number of allylic oxidation sites excluding steroid dienone is 3. The first-order valence-corrected chi connectivity index (χ1v) is 10.8. The van der Waals surface area contributed by atoms with Crippen molar-refractivity contribution in [1.29, 1.82) is 0 Å². The van der Waals surface area contributed by atoms with Gasteiger partial charge in [0.1, 0.15) is 17.3 Å². The molecular formula is C24H32N6. The van der Waals surface area contributed by atoms with E-state index in [1.807, 2.05) is 55.1 Å². The number of nitrogens with one attached hydrogen (secondary N) is 2. The first-order chi connectivity index (χ1) is 14.7. The second-order valence-electron chi connectivity index (χ2n) is 7.94. The van der Waals surface area contributed by atoms with E-state index < -0.39 is 0 Å². The van der Waals surface area contributed by atoms with Crippen molar-refractivity contribution in [3.05, 3.63) is 60.5 Å². The summed E-state index contributed by atoms with van der Waals surface area (Å²) in [6.07, 6.45) is 12.8. The summed E-state index contributed by atoms with van der Waals surface area (Å²) in [5.41, 5.74) is 9.43. The Bertz CT molecular complexity index is 932. The number of nitrogens with zero attached hydrogens (tertiary/aromatic N) is 3. The summed E-state index contributed by atoms with van der Waals surface area (Å²) >= 11 is 0. The molecule has 2 atom stereocenters. The van der Waals surface area contributed by atoms with E-state index in [0.29, 0.717) is 17.9 Å². The van der Waals surface area contributed by atoms with E-state index in [2.05, 4.69) is 39.8 Å². The van der Waals surface area contributed by atoms with Gasteiger partial charge in [0.05, 0.1) is 0 Å². The smallest absolute Gasteiger partial charge is 0.146 e. The van der Waals surface area contributed by atoms with Gasteiger partial charge in [-0.1, -0.05) is 42.5 Å². The molecule has 0 unspecified atom stereocenters. The van der Waals surface area contributed by atoms with Gasteiger partial charge >= 0.3 is 0 Å². The van der Waals surface area contributed by atoms with Gasteiger partial charge in [0.25, 0.3) is 0 Å². The maximum Gasteiger partial charge on any atom is 0.146 e. The predicted molar refractivity (Wildman–Crippen MR) is 126 cm³/mol. The van der Waals surface area contributed by atoms with Crippen LogP contribution >= 0.6 is 0 Å². The van der Waals surface area contributed by atoms with E-state index >= 15 is 0 Å². The molecule has 3 aliphatic rings. The van der Waals surface area contributed by atoms with Gasteiger partial charge in [-0.3, -0.25) is 9.47 Å². The minimum atomic E-state index is 0.647. The molecule has 3 aliphatic heterocycles. The van der Waals surface area contributed by atoms with Crippen molar-refractivity contribution in [2.24, 2.45) is 0 Å². The Balaban J connectivity index is 1.62. The molecule has 0 spiro atoms. The Hall–Kier alpha value is -2.83. The second-order valence-corrected chi connectivity index (χ2v) is 7.94. The van der Waals surface area contributed by atoms with Crippen molar-refractivity contribution >= 4 is 17.6 Å². The van der Waals surface area contributed by atoms with Gasteiger partial charge in [-0.15, -0.1) is 0 Å². The van der Waals surface area contributed by atoms with E-state index in [1.54, 1.807) is 0 Å². The normalized spacial score (nSPS) is 22.4. The number of benzene rings is 1. The molecule has 0 amide bonds. The summed E-state index contributed by atoms with van der Waals surface area (Å²) < 4.78 is 2.02. The molecular weight excluding hydrogens is 372 g/mol. The van der Waals surface area contributed by atoms with Gasteiger partial charge in [0.15, 0.2) is 0 Å². The van der Waals surface area contributed by atoms with Crippen LogP contribution in [-0.4, -0.2) is 53.2 Å². The molecule has 0 aliphatic carbocycles. The van der Waals surface area contributed by atoms with E-state index in [4.69, 9.17) is 10.7 Å². The number of hydrogen-bond acceptors (Lipinski definition) is 5. The molecule has 6 nitrogen and oxygen atoms in total. The van der Waals surface area contributed by atoms with Crippen molar-refractivity contribution < 1.29 is 0 Å². The SMILES string of the molecule is C/C=C(\C=C/NC)n1c(-c2ccccc2)nc(/C=C\CN2C[C@H]3CC[C@@H]2CN3)c1N. The molecule has 1 aromatic carbocycles. The van der Waals surface area contributed by atoms with Crippen molar-refractivity contribution in [2.75, 3.05) is 32.4 Å². The standard InChI is InChI=1S/C24H32N6/c1-3-20(13-14-26-2)30-23(25)22(28-24(30)18-8-5-4-6-9-18)10-7-15-29-17-19-11-12-21(29)16-27-19/h3-10,13-14,19,21,26-27H,11-12,15-17,25H2,1-2H3/b10-7-,14-13-,20-3+/t19-,21-/m1/s1. The molecule has 3 fully saturated rings. The van der Waals surface area contributed by atoms with Crippen LogP contribution in [0.4, 0.5) is 5.82 Å². The molecule has 4 heterocycles. The molecule has 3 saturated heterocycles. The van der Waals surface area contributed by atoms with Crippen molar-refractivity contribution in [1.82, 2.24) is 25.1 Å². The van der Waals surface area contributed by atoms with Crippen LogP contribution in [0.1, 0.15) is 25.5 Å². The van der Waals surface area contributed by atoms with Crippen LogP contribution in [0.3, 0.4) is 0 Å². The van der Waals surface area contributed by atoms with Crippen molar-refractivity contribution in [3.63, 3.8) is 0 Å². The fraction of sp³-hybridized carbons (Fsp3) is 0.375. The molecule has 5 rings (SSSR count). The van der Waals surface area contributed by atoms with Crippen LogP contribution in [0.2, 0.25) is 0 Å². The summed E-state index contributed by atoms with van der Waals surface area (Å²) in [7, 11) is 1.89. The molecule has 1 aromatic heterocycles. The molecule has 2 bridgehead atoms. The molecule has 158 valence electrons. The number of imidazole rings is 1. The summed E-state index contributed by atoms with van der Waals surface area (Å²) in [6, 6.07) is 11.5. The van der Waals surface area contributed by atoms with E-state index in [9.17, 15) is 0 Å². The van der Waals surface area contributed by atoms with Gasteiger partial charge in [0.2, 0.25) is 0 Å². The predicted octanol–water partition coefficient (Wildman–Crippen LogP) is 3.18. The Morgan fingerprint density at radius 3 is 2.77 bits per heavy atom. The fourth-order valence-corrected chi connectivity index (χ4v) is 4.41. The summed E-state index contributed by atoms with van der Waals surface area (Å²) in [5.74, 6) is 1.50. The fourth-order valence-electron chi connectivity index (χ4n) is 4.41. The zero-order valence-corrected chi connectivity index (χ0v) is 17.9. The number of nitrogen functional groups attached to an aromatic ring is 1. The second kappa shape index (κ2) is 9.32. The molecule has 0 saturated carbocycles. The van der Waals surface area contributed by atoms with Gasteiger partial charge in [-0.2, -0.15) is 0 Å². The maximum absolute atomic E-state index is 6.60. The highest BCUT2D eigenvalue weighted by atomic mass is 15.2. The number of piperazine rings is 1. The van der Waals surface area contributed by atoms with Gasteiger partial charge in [-0.25, -0.2) is 4.98 Å². The van der Waals surface area contributed by atoms with Gasteiger partial charge in [-0.05, 0) is 38.1 Å². The third-order valence-corrected chi connectivity index (χ3v) is 6.03. The number of hydrogen-bond donors (Lipinski definition) is 3. The summed E-state index contributed by atoms with van der Waals surface area (Å²) in [5, 5.41) is 6.66. The number of anilines is 1. The van der Waals surface area contributed by atoms with Crippen LogP contribution in [0, 0.1) is 0 Å². The zero-order valence-electron chi connectivity index (χ0n) is 17.9. The number of rotatable bonds is 7. The number of piperidine rings is 2. The highest BCUT2D eigenvalue weighted by molar-refractivity contribution is 5.76. The third-order valence-electron chi connectivity index (χ3n) is 6.03. The first kappa shape index (κ1) is 20.4. The Kier molecular flexibility index (Phi) is 6.35. The summed E-state index contributed by atoms with van der Waals surface area (Å²) in [6.45, 7) is 5.19. The van der Waals surface area contributed by atoms with Crippen LogP contribution in [0.25, 0.3) is 23.2 Å².